The predicted octanol–water partition coefficient (Wildman–Crippen LogP) is 4.71. The number of halogens is 3. The second-order valence-electron chi connectivity index (χ2n) is 9.51. The molecule has 1 saturated heterocycles. The number of nitrogens with one attached hydrogen (secondary N) is 1. The fourth-order valence-corrected chi connectivity index (χ4v) is 2.75. The molecule has 11 heteroatoms. The molecule has 1 fully saturated rings. The maximum absolute atomic E-state index is 12.7. The monoisotopic (exact) mass is 458 g/mol. The number of rotatable bonds is 5. The van der Waals surface area contributed by atoms with E-state index in [4.69, 9.17) is 19.8 Å². The largest absolute Gasteiger partial charge is 0.573 e. The van der Waals surface area contributed by atoms with Crippen molar-refractivity contribution in [1.29, 1.82) is 0 Å². The summed E-state index contributed by atoms with van der Waals surface area (Å²) >= 11 is 0. The summed E-state index contributed by atoms with van der Waals surface area (Å²) in [5, 5.41) is 2.63. The van der Waals surface area contributed by atoms with Crippen LogP contribution in [0.25, 0.3) is 6.08 Å². The second kappa shape index (κ2) is 8.86. The average Bonchev–Trinajstić information content (AvgIpc) is 2.79. The third kappa shape index (κ3) is 7.06. The third-order valence-corrected chi connectivity index (χ3v) is 5.01. The van der Waals surface area contributed by atoms with Crippen molar-refractivity contribution in [1.82, 2.24) is 5.32 Å². The number of nitrogen functional groups attached to an aromatic ring is 1. The van der Waals surface area contributed by atoms with Gasteiger partial charge in [0, 0.05) is 6.54 Å². The van der Waals surface area contributed by atoms with Crippen LogP contribution in [0.15, 0.2) is 23.7 Å². The Morgan fingerprint density at radius 1 is 1.16 bits per heavy atom. The van der Waals surface area contributed by atoms with Crippen molar-refractivity contribution in [3.8, 4) is 5.75 Å². The zero-order valence-corrected chi connectivity index (χ0v) is 19.3. The molecule has 32 heavy (non-hydrogen) atoms. The lowest BCUT2D eigenvalue weighted by molar-refractivity contribution is -0.274. The van der Waals surface area contributed by atoms with Gasteiger partial charge in [-0.3, -0.25) is 0 Å². The highest BCUT2D eigenvalue weighted by atomic mass is 19.4. The summed E-state index contributed by atoms with van der Waals surface area (Å²) < 4.78 is 59.4. The van der Waals surface area contributed by atoms with E-state index in [1.807, 2.05) is 27.7 Å². The first-order valence-corrected chi connectivity index (χ1v) is 10.1. The summed E-state index contributed by atoms with van der Waals surface area (Å²) in [4.78, 5) is 12.1. The van der Waals surface area contributed by atoms with Gasteiger partial charge in [-0.1, -0.05) is 12.1 Å². The lowest BCUT2D eigenvalue weighted by atomic mass is 9.77. The Hall–Kier alpha value is -2.40. The van der Waals surface area contributed by atoms with Gasteiger partial charge in [0.25, 0.3) is 0 Å². The zero-order chi connectivity index (χ0) is 24.5. The van der Waals surface area contributed by atoms with Crippen LogP contribution in [-0.4, -0.2) is 42.9 Å². The number of ether oxygens (including phenoxy) is 2. The number of carbonyl (C=O) groups is 1. The molecular formula is C21H30BF3N2O5. The van der Waals surface area contributed by atoms with Crippen molar-refractivity contribution in [2.75, 3.05) is 12.3 Å². The number of alkyl halides is 3. The molecular weight excluding hydrogens is 428 g/mol. The van der Waals surface area contributed by atoms with Gasteiger partial charge in [0.15, 0.2) is 5.75 Å². The Morgan fingerprint density at radius 2 is 1.72 bits per heavy atom. The summed E-state index contributed by atoms with van der Waals surface area (Å²) in [5.74, 6) is -0.528. The second-order valence-corrected chi connectivity index (χ2v) is 9.51. The number of benzene rings is 1. The molecule has 0 bridgehead atoms. The van der Waals surface area contributed by atoms with Crippen molar-refractivity contribution in [2.24, 2.45) is 0 Å². The van der Waals surface area contributed by atoms with Crippen LogP contribution in [0.4, 0.5) is 23.7 Å². The van der Waals surface area contributed by atoms with Crippen LogP contribution in [0.3, 0.4) is 0 Å². The maximum atomic E-state index is 12.7. The SMILES string of the molecule is CC(C)(C)OC(=O)NCC(=Cc1ccc(N)c(OC(F)(F)F)c1)B1OC(C)(C)C(C)(C)O1. The molecule has 3 N–H and O–H groups in total. The minimum Gasteiger partial charge on any atom is -0.444 e. The van der Waals surface area contributed by atoms with Crippen LogP contribution in [0.2, 0.25) is 0 Å². The number of amides is 1. The molecule has 0 spiro atoms. The van der Waals surface area contributed by atoms with E-state index in [2.05, 4.69) is 10.1 Å². The van der Waals surface area contributed by atoms with Gasteiger partial charge in [0.2, 0.25) is 0 Å². The summed E-state index contributed by atoms with van der Waals surface area (Å²) in [6.07, 6.45) is -3.98. The van der Waals surface area contributed by atoms with Crippen LogP contribution >= 0.6 is 0 Å². The number of nitrogens with two attached hydrogens (primary N) is 1. The highest BCUT2D eigenvalue weighted by Crippen LogP contribution is 2.39. The van der Waals surface area contributed by atoms with E-state index < -0.39 is 42.1 Å². The van der Waals surface area contributed by atoms with Crippen LogP contribution in [0, 0.1) is 0 Å². The van der Waals surface area contributed by atoms with E-state index in [1.54, 1.807) is 26.8 Å². The van der Waals surface area contributed by atoms with Crippen molar-refractivity contribution >= 4 is 25.0 Å². The van der Waals surface area contributed by atoms with Crippen molar-refractivity contribution in [2.45, 2.75) is 71.6 Å². The summed E-state index contributed by atoms with van der Waals surface area (Å²) in [5.41, 5.74) is 4.26. The summed E-state index contributed by atoms with van der Waals surface area (Å²) in [7, 11) is -0.848. The molecule has 1 heterocycles. The molecule has 178 valence electrons. The van der Waals surface area contributed by atoms with Crippen molar-refractivity contribution < 1.29 is 36.7 Å². The first kappa shape index (κ1) is 25.9. The quantitative estimate of drug-likeness (QED) is 0.491. The highest BCUT2D eigenvalue weighted by molar-refractivity contribution is 6.56. The third-order valence-electron chi connectivity index (χ3n) is 5.01. The van der Waals surface area contributed by atoms with E-state index >= 15 is 0 Å². The van der Waals surface area contributed by atoms with Crippen LogP contribution in [0.5, 0.6) is 5.75 Å². The fourth-order valence-electron chi connectivity index (χ4n) is 2.75. The Kier molecular flexibility index (Phi) is 7.16. The highest BCUT2D eigenvalue weighted by Gasteiger charge is 2.52. The van der Waals surface area contributed by atoms with Gasteiger partial charge in [-0.25, -0.2) is 4.79 Å². The predicted molar refractivity (Wildman–Crippen MR) is 116 cm³/mol. The summed E-state index contributed by atoms with van der Waals surface area (Å²) in [6, 6.07) is 3.98. The number of hydrogen-bond acceptors (Lipinski definition) is 6. The molecule has 0 saturated carbocycles. The average molecular weight is 458 g/mol. The Bertz CT molecular complexity index is 863. The molecule has 2 rings (SSSR count). The first-order chi connectivity index (χ1) is 14.4. The van der Waals surface area contributed by atoms with Gasteiger partial charge in [-0.15, -0.1) is 13.2 Å². The lowest BCUT2D eigenvalue weighted by Crippen LogP contribution is -2.41. The molecule has 1 aromatic carbocycles. The number of anilines is 1. The molecule has 0 radical (unpaired) electrons. The maximum Gasteiger partial charge on any atom is 0.573 e. The van der Waals surface area contributed by atoms with E-state index in [-0.39, 0.29) is 12.2 Å². The topological polar surface area (TPSA) is 92.0 Å². The molecule has 1 aliphatic heterocycles. The number of alkyl carbamates (subject to hydrolysis) is 1. The molecule has 7 nitrogen and oxygen atoms in total. The first-order valence-electron chi connectivity index (χ1n) is 10.1. The molecule has 0 aromatic heterocycles. The van der Waals surface area contributed by atoms with Crippen LogP contribution in [0.1, 0.15) is 54.0 Å². The van der Waals surface area contributed by atoms with Crippen molar-refractivity contribution in [3.05, 3.63) is 29.2 Å². The van der Waals surface area contributed by atoms with E-state index in [0.29, 0.717) is 11.0 Å². The molecule has 1 aromatic rings. The summed E-state index contributed by atoms with van der Waals surface area (Å²) in [6.45, 7) is 12.6. The molecule has 0 unspecified atom stereocenters. The molecule has 0 aliphatic carbocycles. The van der Waals surface area contributed by atoms with Crippen LogP contribution in [-0.2, 0) is 14.0 Å². The lowest BCUT2D eigenvalue weighted by Gasteiger charge is -2.32. The molecule has 0 atom stereocenters. The standard InChI is InChI=1S/C21H30BF3N2O5/c1-18(2,3)30-17(28)27-12-14(22-31-19(4,5)20(6,7)32-22)10-13-8-9-15(26)16(11-13)29-21(23,24)25/h8-11H,12,26H2,1-7H3,(H,27,28). The molecule has 1 aliphatic rings. The van der Waals surface area contributed by atoms with E-state index in [1.165, 1.54) is 12.1 Å². The Labute approximate surface area is 186 Å². The number of carbonyl (C=O) groups excluding carboxylic acids is 1. The van der Waals surface area contributed by atoms with Crippen molar-refractivity contribution in [3.63, 3.8) is 0 Å². The number of hydrogen-bond donors (Lipinski definition) is 2. The normalized spacial score (nSPS) is 18.4. The Balaban J connectivity index is 2.35. The van der Waals surface area contributed by atoms with Gasteiger partial charge in [0.1, 0.15) is 5.60 Å². The van der Waals surface area contributed by atoms with Gasteiger partial charge in [-0.2, -0.15) is 0 Å². The Morgan fingerprint density at radius 3 is 2.22 bits per heavy atom. The van der Waals surface area contributed by atoms with E-state index in [0.717, 1.165) is 6.07 Å². The smallest absolute Gasteiger partial charge is 0.444 e. The van der Waals surface area contributed by atoms with Gasteiger partial charge < -0.3 is 29.8 Å². The fraction of sp³-hybridized carbons (Fsp3) is 0.571. The van der Waals surface area contributed by atoms with Gasteiger partial charge in [0.05, 0.1) is 16.9 Å². The molecule has 1 amide bonds. The van der Waals surface area contributed by atoms with Gasteiger partial charge >= 0.3 is 19.6 Å². The zero-order valence-electron chi connectivity index (χ0n) is 19.3. The van der Waals surface area contributed by atoms with Gasteiger partial charge in [-0.05, 0) is 71.6 Å². The van der Waals surface area contributed by atoms with Crippen LogP contribution < -0.4 is 15.8 Å². The minimum atomic E-state index is -4.89. The van der Waals surface area contributed by atoms with E-state index in [9.17, 15) is 18.0 Å². The minimum absolute atomic E-state index is 0.0222.